The molecule has 4 aromatic rings. The molecule has 4 rings (SSSR count). The minimum Gasteiger partial charge on any atom is -0.493 e. The Kier molecular flexibility index (Phi) is 15.2. The Balaban J connectivity index is 1.51. The SMILES string of the molecule is OCc1ccc(OCC(COc2ccc(CO)cc2)(COc2ccc(CO)cc2)COc2ccc(COCCCCSO)cc2)cc1. The third-order valence-corrected chi connectivity index (χ3v) is 7.94. The largest absolute Gasteiger partial charge is 0.493 e. The highest BCUT2D eigenvalue weighted by atomic mass is 32.2. The van der Waals surface area contributed by atoms with Gasteiger partial charge in [0.05, 0.1) is 26.4 Å². The zero-order chi connectivity index (χ0) is 33.2. The smallest absolute Gasteiger partial charge is 0.119 e. The Morgan fingerprint density at radius 3 is 1.13 bits per heavy atom. The van der Waals surface area contributed by atoms with Crippen molar-refractivity contribution in [3.05, 3.63) is 119 Å². The highest BCUT2D eigenvalue weighted by Gasteiger charge is 2.36. The number of benzene rings is 4. The molecule has 9 nitrogen and oxygen atoms in total. The molecule has 0 fully saturated rings. The zero-order valence-corrected chi connectivity index (χ0v) is 27.3. The van der Waals surface area contributed by atoms with Crippen LogP contribution in [-0.2, 0) is 31.2 Å². The van der Waals surface area contributed by atoms with Gasteiger partial charge >= 0.3 is 0 Å². The summed E-state index contributed by atoms with van der Waals surface area (Å²) in [5.41, 5.74) is 2.58. The second-order valence-corrected chi connectivity index (χ2v) is 12.0. The average molecular weight is 665 g/mol. The molecule has 0 aromatic heterocycles. The predicted octanol–water partition coefficient (Wildman–Crippen LogP) is 6.27. The van der Waals surface area contributed by atoms with Crippen molar-refractivity contribution in [3.8, 4) is 23.0 Å². The van der Waals surface area contributed by atoms with Gasteiger partial charge < -0.3 is 43.6 Å². The van der Waals surface area contributed by atoms with Gasteiger partial charge in [0.15, 0.2) is 0 Å². The molecule has 4 aromatic carbocycles. The molecule has 0 atom stereocenters. The normalized spacial score (nSPS) is 11.3. The number of ether oxygens (including phenoxy) is 5. The molecule has 4 N–H and O–H groups in total. The van der Waals surface area contributed by atoms with E-state index in [4.69, 9.17) is 28.2 Å². The minimum absolute atomic E-state index is 0.0569. The third kappa shape index (κ3) is 12.4. The number of hydrogen-bond donors (Lipinski definition) is 4. The molecule has 47 heavy (non-hydrogen) atoms. The molecule has 0 unspecified atom stereocenters. The van der Waals surface area contributed by atoms with Crippen LogP contribution in [0.3, 0.4) is 0 Å². The molecule has 0 aliphatic rings. The van der Waals surface area contributed by atoms with E-state index in [9.17, 15) is 15.3 Å². The molecule has 0 amide bonds. The van der Waals surface area contributed by atoms with Crippen LogP contribution in [0.2, 0.25) is 0 Å². The van der Waals surface area contributed by atoms with E-state index in [1.54, 1.807) is 0 Å². The first-order chi connectivity index (χ1) is 23.0. The molecule has 0 heterocycles. The van der Waals surface area contributed by atoms with Crippen LogP contribution in [-0.4, -0.2) is 58.7 Å². The molecule has 0 saturated heterocycles. The zero-order valence-electron chi connectivity index (χ0n) is 26.5. The molecule has 0 aliphatic heterocycles. The first kappa shape index (κ1) is 36.1. The summed E-state index contributed by atoms with van der Waals surface area (Å²) in [5.74, 6) is 3.27. The van der Waals surface area contributed by atoms with Crippen molar-refractivity contribution in [2.24, 2.45) is 5.41 Å². The van der Waals surface area contributed by atoms with Gasteiger partial charge in [-0.2, -0.15) is 0 Å². The molecule has 0 aliphatic carbocycles. The van der Waals surface area contributed by atoms with Crippen molar-refractivity contribution in [1.82, 2.24) is 0 Å². The standard InChI is InChI=1S/C37H44O9S/c38-21-29-3-11-33(12-4-29)43-25-37(26-44-34-13-5-30(22-39)6-14-34,27-45-35-15-7-31(23-40)8-16-35)28-46-36-17-9-32(10-18-36)24-42-19-1-2-20-47-41/h3-18,38-41H,1-2,19-28H2. The Hall–Kier alpha value is -3.77. The van der Waals surface area contributed by atoms with Gasteiger partial charge in [-0.3, -0.25) is 0 Å². The van der Waals surface area contributed by atoms with Gasteiger partial charge in [0.1, 0.15) is 54.8 Å². The van der Waals surface area contributed by atoms with E-state index < -0.39 is 5.41 Å². The summed E-state index contributed by atoms with van der Waals surface area (Å²) in [5, 5.41) is 28.4. The monoisotopic (exact) mass is 664 g/mol. The van der Waals surface area contributed by atoms with Crippen molar-refractivity contribution in [2.75, 3.05) is 38.8 Å². The van der Waals surface area contributed by atoms with Crippen LogP contribution in [0.5, 0.6) is 23.0 Å². The number of hydrogen-bond acceptors (Lipinski definition) is 10. The van der Waals surface area contributed by atoms with E-state index in [-0.39, 0.29) is 46.2 Å². The fraction of sp³-hybridized carbons (Fsp3) is 0.351. The summed E-state index contributed by atoms with van der Waals surface area (Å²) < 4.78 is 39.8. The summed E-state index contributed by atoms with van der Waals surface area (Å²) in [7, 11) is 0. The molecule has 0 spiro atoms. The number of aliphatic hydroxyl groups is 3. The number of aliphatic hydroxyl groups excluding tert-OH is 3. The van der Waals surface area contributed by atoms with E-state index in [1.807, 2.05) is 97.1 Å². The van der Waals surface area contributed by atoms with Crippen molar-refractivity contribution < 1.29 is 43.6 Å². The second kappa shape index (κ2) is 19.8. The van der Waals surface area contributed by atoms with Gasteiger partial charge in [-0.25, -0.2) is 0 Å². The summed E-state index contributed by atoms with van der Waals surface area (Å²) in [6.45, 7) is 1.72. The van der Waals surface area contributed by atoms with Gasteiger partial charge in [0, 0.05) is 12.4 Å². The van der Waals surface area contributed by atoms with Crippen LogP contribution in [0, 0.1) is 5.41 Å². The second-order valence-electron chi connectivity index (χ2n) is 11.3. The molecule has 0 bridgehead atoms. The summed E-state index contributed by atoms with van der Waals surface area (Å²) in [6.07, 6.45) is 1.80. The Labute approximate surface area is 280 Å². The molecular formula is C37H44O9S. The van der Waals surface area contributed by atoms with Gasteiger partial charge in [0.25, 0.3) is 0 Å². The molecule has 0 saturated carbocycles. The van der Waals surface area contributed by atoms with Crippen LogP contribution in [0.1, 0.15) is 35.1 Å². The van der Waals surface area contributed by atoms with E-state index in [0.717, 1.165) is 47.1 Å². The van der Waals surface area contributed by atoms with Crippen LogP contribution in [0.15, 0.2) is 97.1 Å². The molecule has 0 radical (unpaired) electrons. The maximum absolute atomic E-state index is 9.45. The van der Waals surface area contributed by atoms with Crippen LogP contribution in [0.4, 0.5) is 0 Å². The van der Waals surface area contributed by atoms with Crippen molar-refractivity contribution in [2.45, 2.75) is 39.3 Å². The first-order valence-corrected chi connectivity index (χ1v) is 16.5. The fourth-order valence-electron chi connectivity index (χ4n) is 4.51. The van der Waals surface area contributed by atoms with Crippen LogP contribution in [0.25, 0.3) is 0 Å². The lowest BCUT2D eigenvalue weighted by Crippen LogP contribution is -2.45. The summed E-state index contributed by atoms with van der Waals surface area (Å²) in [6, 6.07) is 29.5. The maximum atomic E-state index is 9.45. The fourth-order valence-corrected chi connectivity index (χ4v) is 4.84. The molecule has 10 heteroatoms. The van der Waals surface area contributed by atoms with E-state index in [1.165, 1.54) is 0 Å². The summed E-state index contributed by atoms with van der Waals surface area (Å²) >= 11 is 0.855. The third-order valence-electron chi connectivity index (χ3n) is 7.46. The first-order valence-electron chi connectivity index (χ1n) is 15.6. The summed E-state index contributed by atoms with van der Waals surface area (Å²) in [4.78, 5) is 0. The van der Waals surface area contributed by atoms with Gasteiger partial charge in [-0.1, -0.05) is 48.5 Å². The van der Waals surface area contributed by atoms with Gasteiger partial charge in [-0.15, -0.1) is 0 Å². The maximum Gasteiger partial charge on any atom is 0.119 e. The number of unbranched alkanes of at least 4 members (excludes halogenated alkanes) is 1. The Morgan fingerprint density at radius 2 is 0.809 bits per heavy atom. The van der Waals surface area contributed by atoms with E-state index in [2.05, 4.69) is 0 Å². The molecule has 252 valence electrons. The van der Waals surface area contributed by atoms with Crippen molar-refractivity contribution in [3.63, 3.8) is 0 Å². The van der Waals surface area contributed by atoms with Gasteiger partial charge in [0.2, 0.25) is 0 Å². The number of rotatable bonds is 22. The average Bonchev–Trinajstić information content (AvgIpc) is 3.13. The van der Waals surface area contributed by atoms with Crippen LogP contribution >= 0.6 is 12.0 Å². The minimum atomic E-state index is -0.796. The Bertz CT molecular complexity index is 1290. The van der Waals surface area contributed by atoms with Crippen LogP contribution < -0.4 is 18.9 Å². The highest BCUT2D eigenvalue weighted by Crippen LogP contribution is 2.27. The lowest BCUT2D eigenvalue weighted by atomic mass is 9.92. The van der Waals surface area contributed by atoms with E-state index >= 15 is 0 Å². The van der Waals surface area contributed by atoms with Crippen molar-refractivity contribution >= 4 is 12.0 Å². The van der Waals surface area contributed by atoms with Crippen molar-refractivity contribution in [1.29, 1.82) is 0 Å². The lowest BCUT2D eigenvalue weighted by molar-refractivity contribution is -0.00354. The predicted molar refractivity (Wildman–Crippen MR) is 182 cm³/mol. The molecular weight excluding hydrogens is 620 g/mol. The highest BCUT2D eigenvalue weighted by molar-refractivity contribution is 7.93. The Morgan fingerprint density at radius 1 is 0.468 bits per heavy atom. The lowest BCUT2D eigenvalue weighted by Gasteiger charge is -2.33. The quantitative estimate of drug-likeness (QED) is 0.0564. The van der Waals surface area contributed by atoms with Gasteiger partial charge in [-0.05, 0) is 95.7 Å². The topological polar surface area (TPSA) is 127 Å². The van der Waals surface area contributed by atoms with E-state index in [0.29, 0.717) is 42.0 Å².